The molecule has 0 aliphatic rings. The summed E-state index contributed by atoms with van der Waals surface area (Å²) in [5.74, 6) is 0. The minimum absolute atomic E-state index is 0.408. The van der Waals surface area contributed by atoms with Crippen molar-refractivity contribution < 1.29 is 9.53 Å². The Bertz CT molecular complexity index is 415. The molecule has 5 heteroatoms. The quantitative estimate of drug-likeness (QED) is 0.803. The van der Waals surface area contributed by atoms with Gasteiger partial charge in [-0.05, 0) is 61.1 Å². The third-order valence-electron chi connectivity index (χ3n) is 1.82. The largest absolute Gasteiger partial charge is 0.444 e. The van der Waals surface area contributed by atoms with Gasteiger partial charge in [0.05, 0.1) is 5.02 Å². The van der Waals surface area contributed by atoms with Crippen LogP contribution in [0.1, 0.15) is 26.3 Å². The molecule has 1 N–H and O–H groups in total. The maximum Gasteiger partial charge on any atom is 0.407 e. The first-order valence-corrected chi connectivity index (χ1v) is 6.64. The van der Waals surface area contributed by atoms with Crippen molar-refractivity contribution in [1.82, 2.24) is 5.32 Å². The number of alkyl carbamates (subject to hydrolysis) is 1. The molecular weight excluding hydrogens is 352 g/mol. The van der Waals surface area contributed by atoms with Crippen LogP contribution in [0, 0.1) is 3.57 Å². The molecule has 3 nitrogen and oxygen atoms in total. The van der Waals surface area contributed by atoms with E-state index in [9.17, 15) is 4.79 Å². The van der Waals surface area contributed by atoms with Crippen LogP contribution in [0.4, 0.5) is 4.79 Å². The van der Waals surface area contributed by atoms with Crippen molar-refractivity contribution in [2.24, 2.45) is 0 Å². The van der Waals surface area contributed by atoms with Crippen LogP contribution < -0.4 is 5.32 Å². The summed E-state index contributed by atoms with van der Waals surface area (Å²) in [7, 11) is 0. The smallest absolute Gasteiger partial charge is 0.407 e. The van der Waals surface area contributed by atoms with E-state index in [0.29, 0.717) is 11.6 Å². The highest BCUT2D eigenvalue weighted by Crippen LogP contribution is 2.19. The van der Waals surface area contributed by atoms with Crippen molar-refractivity contribution >= 4 is 40.3 Å². The second-order valence-corrected chi connectivity index (χ2v) is 6.17. The first-order chi connectivity index (χ1) is 7.78. The molecule has 0 saturated carbocycles. The van der Waals surface area contributed by atoms with Gasteiger partial charge in [-0.1, -0.05) is 17.7 Å². The van der Waals surface area contributed by atoms with E-state index >= 15 is 0 Å². The molecule has 0 atom stereocenters. The summed E-state index contributed by atoms with van der Waals surface area (Å²) < 4.78 is 6.12. The van der Waals surface area contributed by atoms with Gasteiger partial charge in [0.25, 0.3) is 0 Å². The summed E-state index contributed by atoms with van der Waals surface area (Å²) in [5.41, 5.74) is 0.467. The normalized spacial score (nSPS) is 11.1. The molecule has 0 aliphatic heterocycles. The molecule has 1 aromatic carbocycles. The highest BCUT2D eigenvalue weighted by molar-refractivity contribution is 14.1. The first kappa shape index (κ1) is 14.6. The zero-order valence-corrected chi connectivity index (χ0v) is 12.9. The number of halogens is 2. The molecule has 0 unspecified atom stereocenters. The van der Waals surface area contributed by atoms with Crippen molar-refractivity contribution in [1.29, 1.82) is 0 Å². The third kappa shape index (κ3) is 5.59. The molecule has 0 aliphatic carbocycles. The van der Waals surface area contributed by atoms with Crippen LogP contribution in [0.25, 0.3) is 0 Å². The topological polar surface area (TPSA) is 38.3 Å². The van der Waals surface area contributed by atoms with E-state index in [0.717, 1.165) is 9.13 Å². The summed E-state index contributed by atoms with van der Waals surface area (Å²) in [6, 6.07) is 5.67. The molecule has 0 saturated heterocycles. The molecule has 0 heterocycles. The van der Waals surface area contributed by atoms with Crippen LogP contribution in [-0.2, 0) is 11.3 Å². The summed E-state index contributed by atoms with van der Waals surface area (Å²) in [6.45, 7) is 5.89. The van der Waals surface area contributed by atoms with Gasteiger partial charge in [0, 0.05) is 10.1 Å². The molecule has 0 radical (unpaired) electrons. The first-order valence-electron chi connectivity index (χ1n) is 5.19. The number of hydrogen-bond acceptors (Lipinski definition) is 2. The number of ether oxygens (including phenoxy) is 1. The molecule has 0 fully saturated rings. The van der Waals surface area contributed by atoms with E-state index in [1.807, 2.05) is 39.0 Å². The lowest BCUT2D eigenvalue weighted by Gasteiger charge is -2.19. The van der Waals surface area contributed by atoms with E-state index in [4.69, 9.17) is 16.3 Å². The number of hydrogen-bond donors (Lipinski definition) is 1. The fraction of sp³-hybridized carbons (Fsp3) is 0.417. The van der Waals surface area contributed by atoms with Crippen molar-refractivity contribution in [2.45, 2.75) is 32.9 Å². The Balaban J connectivity index is 2.50. The van der Waals surface area contributed by atoms with Gasteiger partial charge in [-0.2, -0.15) is 0 Å². The minimum atomic E-state index is -0.478. The second kappa shape index (κ2) is 5.91. The second-order valence-electron chi connectivity index (χ2n) is 4.60. The number of benzene rings is 1. The summed E-state index contributed by atoms with van der Waals surface area (Å²) >= 11 is 8.14. The lowest BCUT2D eigenvalue weighted by molar-refractivity contribution is 0.0523. The van der Waals surface area contributed by atoms with E-state index in [1.165, 1.54) is 0 Å². The Labute approximate surface area is 120 Å². The summed E-state index contributed by atoms with van der Waals surface area (Å²) in [4.78, 5) is 11.4. The van der Waals surface area contributed by atoms with Gasteiger partial charge >= 0.3 is 6.09 Å². The maximum absolute atomic E-state index is 11.4. The predicted octanol–water partition coefficient (Wildman–Crippen LogP) is 3.97. The number of carbonyl (C=O) groups is 1. The van der Waals surface area contributed by atoms with E-state index in [1.54, 1.807) is 0 Å². The van der Waals surface area contributed by atoms with Crippen LogP contribution in [0.15, 0.2) is 18.2 Å². The molecule has 0 bridgehead atoms. The van der Waals surface area contributed by atoms with Gasteiger partial charge in [-0.15, -0.1) is 0 Å². The highest BCUT2D eigenvalue weighted by Gasteiger charge is 2.15. The van der Waals surface area contributed by atoms with Crippen LogP contribution in [0.2, 0.25) is 5.02 Å². The predicted molar refractivity (Wildman–Crippen MR) is 77.2 cm³/mol. The molecule has 17 heavy (non-hydrogen) atoms. The van der Waals surface area contributed by atoms with Gasteiger partial charge in [0.15, 0.2) is 0 Å². The van der Waals surface area contributed by atoms with Gasteiger partial charge in [-0.25, -0.2) is 4.79 Å². The molecule has 94 valence electrons. The Morgan fingerprint density at radius 3 is 2.65 bits per heavy atom. The summed E-state index contributed by atoms with van der Waals surface area (Å²) in [5, 5.41) is 3.37. The van der Waals surface area contributed by atoms with Gasteiger partial charge in [0.1, 0.15) is 5.60 Å². The molecule has 1 rings (SSSR count). The minimum Gasteiger partial charge on any atom is -0.444 e. The van der Waals surface area contributed by atoms with Crippen LogP contribution in [-0.4, -0.2) is 11.7 Å². The van der Waals surface area contributed by atoms with Crippen LogP contribution in [0.3, 0.4) is 0 Å². The molecule has 1 amide bonds. The highest BCUT2D eigenvalue weighted by atomic mass is 127. The lowest BCUT2D eigenvalue weighted by atomic mass is 10.2. The number of amides is 1. The maximum atomic E-state index is 11.4. The molecule has 1 aromatic rings. The number of nitrogens with one attached hydrogen (secondary N) is 1. The Morgan fingerprint density at radius 2 is 2.12 bits per heavy atom. The fourth-order valence-electron chi connectivity index (χ4n) is 1.14. The Kier molecular flexibility index (Phi) is 5.06. The zero-order chi connectivity index (χ0) is 13.1. The lowest BCUT2D eigenvalue weighted by Crippen LogP contribution is -2.32. The number of rotatable bonds is 2. The van der Waals surface area contributed by atoms with Crippen LogP contribution >= 0.6 is 34.2 Å². The molecule has 0 spiro atoms. The Hall–Kier alpha value is -0.490. The monoisotopic (exact) mass is 367 g/mol. The van der Waals surface area contributed by atoms with E-state index < -0.39 is 11.7 Å². The van der Waals surface area contributed by atoms with Crippen molar-refractivity contribution in [2.75, 3.05) is 0 Å². The average Bonchev–Trinajstić information content (AvgIpc) is 2.17. The SMILES string of the molecule is CC(C)(C)OC(=O)NCc1ccc(I)c(Cl)c1. The van der Waals surface area contributed by atoms with Crippen molar-refractivity contribution in [3.05, 3.63) is 32.4 Å². The van der Waals surface area contributed by atoms with Gasteiger partial charge < -0.3 is 10.1 Å². The third-order valence-corrected chi connectivity index (χ3v) is 3.39. The zero-order valence-electron chi connectivity index (χ0n) is 10.0. The van der Waals surface area contributed by atoms with Gasteiger partial charge in [-0.3, -0.25) is 0 Å². The molecular formula is C12H15ClINO2. The summed E-state index contributed by atoms with van der Waals surface area (Å²) in [6.07, 6.45) is -0.424. The average molecular weight is 368 g/mol. The number of carbonyl (C=O) groups excluding carboxylic acids is 1. The van der Waals surface area contributed by atoms with E-state index in [2.05, 4.69) is 27.9 Å². The standard InChI is InChI=1S/C12H15ClINO2/c1-12(2,3)17-11(16)15-7-8-4-5-10(14)9(13)6-8/h4-6H,7H2,1-3H3,(H,15,16). The van der Waals surface area contributed by atoms with Crippen LogP contribution in [0.5, 0.6) is 0 Å². The van der Waals surface area contributed by atoms with Crippen molar-refractivity contribution in [3.8, 4) is 0 Å². The van der Waals surface area contributed by atoms with E-state index in [-0.39, 0.29) is 0 Å². The Morgan fingerprint density at radius 1 is 1.47 bits per heavy atom. The fourth-order valence-corrected chi connectivity index (χ4v) is 1.68. The molecule has 0 aromatic heterocycles. The van der Waals surface area contributed by atoms with Gasteiger partial charge in [0.2, 0.25) is 0 Å². The van der Waals surface area contributed by atoms with Crippen molar-refractivity contribution in [3.63, 3.8) is 0 Å².